The zero-order valence-corrected chi connectivity index (χ0v) is 37.0. The van der Waals surface area contributed by atoms with Gasteiger partial charge in [-0.05, 0) is 44.9 Å². The quantitative estimate of drug-likeness (QED) is 0.0379. The van der Waals surface area contributed by atoms with Crippen LogP contribution in [-0.2, 0) is 19.1 Å². The highest BCUT2D eigenvalue weighted by molar-refractivity contribution is 5.70. The van der Waals surface area contributed by atoms with E-state index < -0.39 is 6.10 Å². The molecule has 0 heterocycles. The lowest BCUT2D eigenvalue weighted by Gasteiger charge is -2.15. The first-order chi connectivity index (χ1) is 27.1. The predicted molar refractivity (Wildman–Crippen MR) is 238 cm³/mol. The van der Waals surface area contributed by atoms with E-state index in [1.807, 2.05) is 0 Å². The normalized spacial score (nSPS) is 12.3. The van der Waals surface area contributed by atoms with E-state index in [1.54, 1.807) is 0 Å². The van der Waals surface area contributed by atoms with Crippen molar-refractivity contribution in [2.45, 2.75) is 270 Å². The summed E-state index contributed by atoms with van der Waals surface area (Å²) in [7, 11) is 0. The Morgan fingerprint density at radius 3 is 1.07 bits per heavy atom. The average Bonchev–Trinajstić information content (AvgIpc) is 3.19. The number of hydrogen-bond acceptors (Lipinski definition) is 5. The molecule has 1 N–H and O–H groups in total. The molecule has 5 heteroatoms. The van der Waals surface area contributed by atoms with Crippen molar-refractivity contribution in [1.82, 2.24) is 0 Å². The molecule has 0 rings (SSSR count). The van der Waals surface area contributed by atoms with Crippen LogP contribution in [0.15, 0.2) is 24.3 Å². The fourth-order valence-corrected chi connectivity index (χ4v) is 7.29. The maximum atomic E-state index is 12.2. The highest BCUT2D eigenvalue weighted by Gasteiger charge is 2.16. The Balaban J connectivity index is 3.48. The molecule has 0 aliphatic carbocycles. The lowest BCUT2D eigenvalue weighted by Crippen LogP contribution is -2.28. The molecule has 1 atom stereocenters. The van der Waals surface area contributed by atoms with Gasteiger partial charge >= 0.3 is 11.9 Å². The largest absolute Gasteiger partial charge is 0.462 e. The molecule has 0 aromatic heterocycles. The van der Waals surface area contributed by atoms with E-state index in [0.29, 0.717) is 12.8 Å². The molecule has 1 unspecified atom stereocenters. The van der Waals surface area contributed by atoms with Crippen molar-refractivity contribution in [3.8, 4) is 0 Å². The molecule has 0 saturated heterocycles. The van der Waals surface area contributed by atoms with Crippen molar-refractivity contribution in [1.29, 1.82) is 0 Å². The van der Waals surface area contributed by atoms with Crippen LogP contribution < -0.4 is 0 Å². The fraction of sp³-hybridized carbons (Fsp3) is 0.880. The van der Waals surface area contributed by atoms with E-state index in [4.69, 9.17) is 9.47 Å². The molecule has 0 amide bonds. The summed E-state index contributed by atoms with van der Waals surface area (Å²) < 4.78 is 10.7. The van der Waals surface area contributed by atoms with E-state index in [1.165, 1.54) is 199 Å². The van der Waals surface area contributed by atoms with E-state index in [0.717, 1.165) is 38.5 Å². The zero-order chi connectivity index (χ0) is 40.0. The van der Waals surface area contributed by atoms with Gasteiger partial charge in [0.05, 0.1) is 6.61 Å². The van der Waals surface area contributed by atoms with Gasteiger partial charge in [-0.2, -0.15) is 0 Å². The van der Waals surface area contributed by atoms with E-state index >= 15 is 0 Å². The maximum absolute atomic E-state index is 12.2. The van der Waals surface area contributed by atoms with E-state index in [9.17, 15) is 14.7 Å². The predicted octanol–water partition coefficient (Wildman–Crippen LogP) is 15.8. The molecule has 0 aromatic rings. The number of unbranched alkanes of at least 4 members (excludes halogenated alkanes) is 33. The van der Waals surface area contributed by atoms with Crippen LogP contribution in [0.25, 0.3) is 0 Å². The Morgan fingerprint density at radius 2 is 0.727 bits per heavy atom. The number of rotatable bonds is 45. The minimum atomic E-state index is -0.770. The zero-order valence-electron chi connectivity index (χ0n) is 37.0. The van der Waals surface area contributed by atoms with Gasteiger partial charge < -0.3 is 14.6 Å². The van der Waals surface area contributed by atoms with Crippen molar-refractivity contribution in [2.24, 2.45) is 0 Å². The Morgan fingerprint density at radius 1 is 0.418 bits per heavy atom. The van der Waals surface area contributed by atoms with E-state index in [-0.39, 0.29) is 25.2 Å². The molecule has 0 aromatic carbocycles. The smallest absolute Gasteiger partial charge is 0.306 e. The first-order valence-corrected chi connectivity index (χ1v) is 24.4. The molecule has 5 nitrogen and oxygen atoms in total. The summed E-state index contributed by atoms with van der Waals surface area (Å²) in [6.07, 6.45) is 56.9. The van der Waals surface area contributed by atoms with Crippen LogP contribution in [0.4, 0.5) is 0 Å². The molecule has 55 heavy (non-hydrogen) atoms. The summed E-state index contributed by atoms with van der Waals surface area (Å²) in [4.78, 5) is 24.4. The molecular weight excluding hydrogens is 681 g/mol. The molecule has 324 valence electrons. The van der Waals surface area contributed by atoms with Crippen LogP contribution in [0, 0.1) is 0 Å². The lowest BCUT2D eigenvalue weighted by atomic mass is 10.0. The number of aliphatic hydroxyl groups is 1. The Labute approximate surface area is 343 Å². The van der Waals surface area contributed by atoms with Crippen LogP contribution >= 0.6 is 0 Å². The van der Waals surface area contributed by atoms with Crippen molar-refractivity contribution in [3.05, 3.63) is 24.3 Å². The summed E-state index contributed by atoms with van der Waals surface area (Å²) >= 11 is 0. The van der Waals surface area contributed by atoms with Crippen molar-refractivity contribution < 1.29 is 24.2 Å². The SMILES string of the molecule is CCCCCCC/C=C\C/C=C\CCCCCCCCCCCC(=O)OC(CO)COC(=O)CCCCCCCCCCCCCCCCCCCCCC. The average molecular weight is 775 g/mol. The second-order valence-electron chi connectivity index (χ2n) is 16.5. The standard InChI is InChI=1S/C50H94O5/c1-3-5-7-9-11-13-15-17-19-21-23-25-27-29-31-33-35-37-39-41-43-45-50(53)55-48(46-51)47-54-49(52)44-42-40-38-36-34-32-30-28-26-24-22-20-18-16-14-12-10-8-6-4-2/h15,17,21,23,48,51H,3-14,16,18-20,22,24-47H2,1-2H3/b17-15-,23-21-. The monoisotopic (exact) mass is 775 g/mol. The number of carbonyl (C=O) groups is 2. The van der Waals surface area contributed by atoms with Crippen LogP contribution in [-0.4, -0.2) is 36.4 Å². The van der Waals surface area contributed by atoms with Gasteiger partial charge in [-0.1, -0.05) is 231 Å². The molecule has 0 spiro atoms. The molecule has 0 aliphatic rings. The molecule has 0 fully saturated rings. The van der Waals surface area contributed by atoms with Crippen LogP contribution in [0.5, 0.6) is 0 Å². The second-order valence-corrected chi connectivity index (χ2v) is 16.5. The lowest BCUT2D eigenvalue weighted by molar-refractivity contribution is -0.161. The minimum absolute atomic E-state index is 0.0623. The van der Waals surface area contributed by atoms with Gasteiger partial charge in [-0.15, -0.1) is 0 Å². The number of ether oxygens (including phenoxy) is 2. The molecule has 0 aliphatic heterocycles. The number of esters is 2. The molecule has 0 bridgehead atoms. The summed E-state index contributed by atoms with van der Waals surface area (Å²) in [5.41, 5.74) is 0. The Bertz CT molecular complexity index is 836. The van der Waals surface area contributed by atoms with Gasteiger partial charge in [-0.3, -0.25) is 9.59 Å². The van der Waals surface area contributed by atoms with Gasteiger partial charge in [-0.25, -0.2) is 0 Å². The molecule has 0 saturated carbocycles. The van der Waals surface area contributed by atoms with Crippen molar-refractivity contribution in [3.63, 3.8) is 0 Å². The third-order valence-electron chi connectivity index (χ3n) is 11.0. The molecule has 0 radical (unpaired) electrons. The van der Waals surface area contributed by atoms with E-state index in [2.05, 4.69) is 38.2 Å². The van der Waals surface area contributed by atoms with Gasteiger partial charge in [0.25, 0.3) is 0 Å². The van der Waals surface area contributed by atoms with Crippen molar-refractivity contribution >= 4 is 11.9 Å². The number of aliphatic hydroxyl groups excluding tert-OH is 1. The third kappa shape index (κ3) is 45.0. The number of allylic oxidation sites excluding steroid dienone is 4. The Kier molecular flexibility index (Phi) is 45.4. The fourth-order valence-electron chi connectivity index (χ4n) is 7.29. The van der Waals surface area contributed by atoms with Gasteiger partial charge in [0.2, 0.25) is 0 Å². The summed E-state index contributed by atoms with van der Waals surface area (Å²) in [6.45, 7) is 4.16. The maximum Gasteiger partial charge on any atom is 0.306 e. The van der Waals surface area contributed by atoms with Crippen molar-refractivity contribution in [2.75, 3.05) is 13.2 Å². The third-order valence-corrected chi connectivity index (χ3v) is 11.0. The highest BCUT2D eigenvalue weighted by atomic mass is 16.6. The summed E-state index contributed by atoms with van der Waals surface area (Å²) in [5, 5.41) is 9.61. The first-order valence-electron chi connectivity index (χ1n) is 24.4. The minimum Gasteiger partial charge on any atom is -0.462 e. The summed E-state index contributed by atoms with van der Waals surface area (Å²) in [5.74, 6) is -0.581. The van der Waals surface area contributed by atoms with Crippen LogP contribution in [0.3, 0.4) is 0 Å². The first kappa shape index (κ1) is 53.4. The number of carbonyl (C=O) groups excluding carboxylic acids is 2. The van der Waals surface area contributed by atoms with Crippen LogP contribution in [0.2, 0.25) is 0 Å². The van der Waals surface area contributed by atoms with Gasteiger partial charge in [0, 0.05) is 12.8 Å². The van der Waals surface area contributed by atoms with Gasteiger partial charge in [0.1, 0.15) is 6.61 Å². The molecular formula is C50H94O5. The Hall–Kier alpha value is -1.62. The highest BCUT2D eigenvalue weighted by Crippen LogP contribution is 2.16. The number of hydrogen-bond donors (Lipinski definition) is 1. The topological polar surface area (TPSA) is 72.8 Å². The summed E-state index contributed by atoms with van der Waals surface area (Å²) in [6, 6.07) is 0. The second kappa shape index (κ2) is 46.8. The van der Waals surface area contributed by atoms with Gasteiger partial charge in [0.15, 0.2) is 6.10 Å². The van der Waals surface area contributed by atoms with Crippen LogP contribution in [0.1, 0.15) is 264 Å².